The first-order valence-electron chi connectivity index (χ1n) is 7.37. The highest BCUT2D eigenvalue weighted by molar-refractivity contribution is 7.80. The van der Waals surface area contributed by atoms with Crippen LogP contribution in [0, 0.1) is 5.92 Å². The molecule has 4 nitrogen and oxygen atoms in total. The van der Waals surface area contributed by atoms with E-state index in [0.717, 1.165) is 12.1 Å². The van der Waals surface area contributed by atoms with Crippen LogP contribution in [0.2, 0.25) is 0 Å². The first kappa shape index (κ1) is 15.8. The number of hydrazone groups is 1. The van der Waals surface area contributed by atoms with E-state index in [0.29, 0.717) is 11.0 Å². The lowest BCUT2D eigenvalue weighted by molar-refractivity contribution is 0.265. The van der Waals surface area contributed by atoms with Gasteiger partial charge in [0.1, 0.15) is 0 Å². The molecule has 1 aliphatic rings. The highest BCUT2D eigenvalue weighted by Gasteiger charge is 2.30. The third-order valence-electron chi connectivity index (χ3n) is 4.09. The van der Waals surface area contributed by atoms with Crippen molar-refractivity contribution in [1.29, 1.82) is 0 Å². The van der Waals surface area contributed by atoms with Crippen molar-refractivity contribution in [3.05, 3.63) is 35.7 Å². The minimum absolute atomic E-state index is 0.0385. The average molecular weight is 304 g/mol. The van der Waals surface area contributed by atoms with Gasteiger partial charge < -0.3 is 10.3 Å². The van der Waals surface area contributed by atoms with Gasteiger partial charge in [-0.05, 0) is 70.3 Å². The number of H-pyrrole nitrogens is 1. The molecule has 3 N–H and O–H groups in total. The summed E-state index contributed by atoms with van der Waals surface area (Å²) in [5, 5.41) is 8.09. The molecule has 5 heteroatoms. The first-order valence-corrected chi connectivity index (χ1v) is 7.78. The molecule has 0 saturated heterocycles. The molecule has 114 valence electrons. The van der Waals surface area contributed by atoms with Crippen molar-refractivity contribution < 1.29 is 0 Å². The van der Waals surface area contributed by atoms with Gasteiger partial charge in [0.2, 0.25) is 0 Å². The van der Waals surface area contributed by atoms with Crippen molar-refractivity contribution >= 4 is 23.5 Å². The van der Waals surface area contributed by atoms with Gasteiger partial charge in [0.25, 0.3) is 0 Å². The SMILES string of the molecule is CC1=CC[C@H](C(C)(C)NC(=S)N/N=C/c2ccc[nH]2)CC1. The number of aromatic nitrogens is 1. The van der Waals surface area contributed by atoms with Gasteiger partial charge >= 0.3 is 0 Å². The minimum Gasteiger partial charge on any atom is -0.360 e. The number of hydrogen-bond donors (Lipinski definition) is 3. The molecule has 0 radical (unpaired) electrons. The summed E-state index contributed by atoms with van der Waals surface area (Å²) in [6, 6.07) is 3.88. The van der Waals surface area contributed by atoms with Crippen molar-refractivity contribution in [3.8, 4) is 0 Å². The van der Waals surface area contributed by atoms with E-state index in [4.69, 9.17) is 12.2 Å². The molecule has 0 bridgehead atoms. The molecule has 0 amide bonds. The molecule has 2 rings (SSSR count). The van der Waals surface area contributed by atoms with Crippen LogP contribution >= 0.6 is 12.2 Å². The summed E-state index contributed by atoms with van der Waals surface area (Å²) < 4.78 is 0. The monoisotopic (exact) mass is 304 g/mol. The Kier molecular flexibility index (Phi) is 5.17. The summed E-state index contributed by atoms with van der Waals surface area (Å²) in [4.78, 5) is 3.06. The largest absolute Gasteiger partial charge is 0.360 e. The van der Waals surface area contributed by atoms with Gasteiger partial charge in [-0.15, -0.1) is 0 Å². The second-order valence-electron chi connectivity index (χ2n) is 6.19. The molecule has 1 atom stereocenters. The quantitative estimate of drug-likeness (QED) is 0.346. The molecule has 0 spiro atoms. The molecule has 0 unspecified atom stereocenters. The zero-order valence-electron chi connectivity index (χ0n) is 12.9. The van der Waals surface area contributed by atoms with Gasteiger partial charge in [-0.1, -0.05) is 11.6 Å². The maximum Gasteiger partial charge on any atom is 0.187 e. The summed E-state index contributed by atoms with van der Waals surface area (Å²) in [5.74, 6) is 0.591. The van der Waals surface area contributed by atoms with Gasteiger partial charge in [0.05, 0.1) is 11.9 Å². The van der Waals surface area contributed by atoms with Crippen LogP contribution in [0.5, 0.6) is 0 Å². The van der Waals surface area contributed by atoms with Crippen molar-refractivity contribution in [2.45, 2.75) is 45.6 Å². The number of allylic oxidation sites excluding steroid dienone is 2. The maximum atomic E-state index is 5.33. The van der Waals surface area contributed by atoms with Crippen LogP contribution < -0.4 is 10.7 Å². The lowest BCUT2D eigenvalue weighted by Crippen LogP contribution is -2.52. The highest BCUT2D eigenvalue weighted by atomic mass is 32.1. The predicted molar refractivity (Wildman–Crippen MR) is 92.4 cm³/mol. The van der Waals surface area contributed by atoms with E-state index in [1.54, 1.807) is 6.21 Å². The van der Waals surface area contributed by atoms with Crippen molar-refractivity contribution in [2.75, 3.05) is 0 Å². The summed E-state index contributed by atoms with van der Waals surface area (Å²) >= 11 is 5.33. The van der Waals surface area contributed by atoms with E-state index < -0.39 is 0 Å². The van der Waals surface area contributed by atoms with E-state index in [1.807, 2.05) is 18.3 Å². The maximum absolute atomic E-state index is 5.33. The van der Waals surface area contributed by atoms with Crippen LogP contribution in [0.15, 0.2) is 35.1 Å². The molecule has 0 fully saturated rings. The highest BCUT2D eigenvalue weighted by Crippen LogP contribution is 2.31. The van der Waals surface area contributed by atoms with Gasteiger partial charge in [-0.25, -0.2) is 0 Å². The fourth-order valence-electron chi connectivity index (χ4n) is 2.63. The van der Waals surface area contributed by atoms with Gasteiger partial charge in [0.15, 0.2) is 5.11 Å². The van der Waals surface area contributed by atoms with E-state index in [2.05, 4.69) is 47.7 Å². The first-order chi connectivity index (χ1) is 9.97. The molecule has 0 aromatic carbocycles. The van der Waals surface area contributed by atoms with Crippen LogP contribution in [-0.2, 0) is 0 Å². The molecule has 21 heavy (non-hydrogen) atoms. The van der Waals surface area contributed by atoms with Crippen LogP contribution in [0.25, 0.3) is 0 Å². The van der Waals surface area contributed by atoms with E-state index in [1.165, 1.54) is 18.4 Å². The van der Waals surface area contributed by atoms with E-state index >= 15 is 0 Å². The Morgan fingerprint density at radius 2 is 2.33 bits per heavy atom. The Morgan fingerprint density at radius 1 is 1.52 bits per heavy atom. The smallest absolute Gasteiger partial charge is 0.187 e. The second kappa shape index (κ2) is 6.89. The summed E-state index contributed by atoms with van der Waals surface area (Å²) in [6.07, 6.45) is 9.42. The zero-order chi connectivity index (χ0) is 15.3. The number of nitrogens with zero attached hydrogens (tertiary/aromatic N) is 1. The minimum atomic E-state index is -0.0385. The van der Waals surface area contributed by atoms with Crippen LogP contribution in [0.3, 0.4) is 0 Å². The molecule has 1 aromatic rings. The molecule has 1 aliphatic carbocycles. The molecule has 0 saturated carbocycles. The predicted octanol–water partition coefficient (Wildman–Crippen LogP) is 3.34. The lowest BCUT2D eigenvalue weighted by Gasteiger charge is -2.37. The fraction of sp³-hybridized carbons (Fsp3) is 0.500. The Hall–Kier alpha value is -1.62. The Labute approximate surface area is 132 Å². The molecule has 0 aliphatic heterocycles. The van der Waals surface area contributed by atoms with Crippen LogP contribution in [0.1, 0.15) is 45.7 Å². The van der Waals surface area contributed by atoms with Gasteiger partial charge in [-0.2, -0.15) is 5.10 Å². The Bertz CT molecular complexity index is 528. The molecule has 1 aromatic heterocycles. The molecular weight excluding hydrogens is 280 g/mol. The Morgan fingerprint density at radius 3 is 2.95 bits per heavy atom. The summed E-state index contributed by atoms with van der Waals surface area (Å²) in [5.41, 5.74) is 5.28. The average Bonchev–Trinajstić information content (AvgIpc) is 2.92. The lowest BCUT2D eigenvalue weighted by atomic mass is 9.77. The van der Waals surface area contributed by atoms with Crippen LogP contribution in [-0.4, -0.2) is 21.8 Å². The van der Waals surface area contributed by atoms with Crippen molar-refractivity contribution in [3.63, 3.8) is 0 Å². The number of aromatic amines is 1. The Balaban J connectivity index is 1.83. The topological polar surface area (TPSA) is 52.2 Å². The number of rotatable bonds is 4. The normalized spacial score (nSPS) is 19.4. The third kappa shape index (κ3) is 4.70. The van der Waals surface area contributed by atoms with E-state index in [9.17, 15) is 0 Å². The van der Waals surface area contributed by atoms with E-state index in [-0.39, 0.29) is 5.54 Å². The van der Waals surface area contributed by atoms with Crippen molar-refractivity contribution in [1.82, 2.24) is 15.7 Å². The van der Waals surface area contributed by atoms with Gasteiger partial charge in [0, 0.05) is 11.7 Å². The number of hydrogen-bond acceptors (Lipinski definition) is 2. The zero-order valence-corrected chi connectivity index (χ0v) is 13.8. The summed E-state index contributed by atoms with van der Waals surface area (Å²) in [6.45, 7) is 6.61. The molecule has 1 heterocycles. The third-order valence-corrected chi connectivity index (χ3v) is 4.28. The van der Waals surface area contributed by atoms with Gasteiger partial charge in [-0.3, -0.25) is 5.43 Å². The standard InChI is InChI=1S/C16H24N4S/c1-12-6-8-13(9-7-12)16(2,3)19-15(21)20-18-11-14-5-4-10-17-14/h4-6,10-11,13,17H,7-9H2,1-3H3,(H2,19,20,21)/b18-11+/t13-/m0/s1. The number of nitrogens with one attached hydrogen (secondary N) is 3. The fourth-order valence-corrected chi connectivity index (χ4v) is 2.94. The molecular formula is C16H24N4S. The van der Waals surface area contributed by atoms with Crippen molar-refractivity contribution in [2.24, 2.45) is 11.0 Å². The second-order valence-corrected chi connectivity index (χ2v) is 6.60. The summed E-state index contributed by atoms with van der Waals surface area (Å²) in [7, 11) is 0. The van der Waals surface area contributed by atoms with Crippen LogP contribution in [0.4, 0.5) is 0 Å². The number of thiocarbonyl (C=S) groups is 1.